The normalized spacial score (nSPS) is 22.6. The van der Waals surface area contributed by atoms with Gasteiger partial charge in [-0.25, -0.2) is 4.99 Å². The van der Waals surface area contributed by atoms with Crippen LogP contribution in [0.5, 0.6) is 11.5 Å². The van der Waals surface area contributed by atoms with Crippen LogP contribution in [0.15, 0.2) is 23.2 Å². The molecule has 1 N–H and O–H groups in total. The van der Waals surface area contributed by atoms with Gasteiger partial charge in [-0.2, -0.15) is 0 Å². The lowest BCUT2D eigenvalue weighted by Gasteiger charge is -2.37. The third-order valence-corrected chi connectivity index (χ3v) is 5.20. The molecular weight excluding hydrogens is 376 g/mol. The average Bonchev–Trinajstić information content (AvgIpc) is 2.73. The number of hydrogen-bond acceptors (Lipinski definition) is 8. The maximum Gasteiger partial charge on any atom is 0.321 e. The van der Waals surface area contributed by atoms with Crippen molar-refractivity contribution in [2.45, 2.75) is 13.0 Å². The Bertz CT molecular complexity index is 789. The Morgan fingerprint density at radius 1 is 1.21 bits per heavy atom. The number of hydrogen-bond donors (Lipinski definition) is 1. The molecule has 0 spiro atoms. The highest BCUT2D eigenvalue weighted by molar-refractivity contribution is 6.08. The molecule has 9 heteroatoms. The first-order valence-electron chi connectivity index (χ1n) is 9.69. The van der Waals surface area contributed by atoms with Crippen molar-refractivity contribution in [3.8, 4) is 11.5 Å². The molecule has 1 aromatic rings. The van der Waals surface area contributed by atoms with Gasteiger partial charge in [0.2, 0.25) is 11.9 Å². The maximum absolute atomic E-state index is 12.9. The van der Waals surface area contributed by atoms with Crippen LogP contribution in [-0.2, 0) is 14.3 Å². The predicted molar refractivity (Wildman–Crippen MR) is 107 cm³/mol. The number of aliphatic imine (C=N–C) groups is 1. The number of nitrogens with zero attached hydrogens (tertiary/aromatic N) is 3. The van der Waals surface area contributed by atoms with Crippen molar-refractivity contribution in [1.29, 1.82) is 0 Å². The lowest BCUT2D eigenvalue weighted by Crippen LogP contribution is -2.56. The first kappa shape index (κ1) is 20.9. The van der Waals surface area contributed by atoms with E-state index in [1.807, 2.05) is 4.90 Å². The minimum atomic E-state index is -1.09. The molecule has 0 bridgehead atoms. The molecule has 29 heavy (non-hydrogen) atoms. The van der Waals surface area contributed by atoms with Crippen LogP contribution >= 0.6 is 0 Å². The first-order valence-corrected chi connectivity index (χ1v) is 9.69. The number of carbonyl (C=O) groups excluding carboxylic acids is 2. The summed E-state index contributed by atoms with van der Waals surface area (Å²) < 4.78 is 15.9. The van der Waals surface area contributed by atoms with E-state index in [4.69, 9.17) is 19.2 Å². The lowest BCUT2D eigenvalue weighted by atomic mass is 9.90. The van der Waals surface area contributed by atoms with Gasteiger partial charge in [-0.15, -0.1) is 0 Å². The topological polar surface area (TPSA) is 92.7 Å². The summed E-state index contributed by atoms with van der Waals surface area (Å²) in [5.41, 5.74) is 0.632. The molecule has 1 fully saturated rings. The number of likely N-dealkylation sites (N-methyl/N-ethyl adjacent to an activating group) is 1. The number of rotatable bonds is 5. The second kappa shape index (κ2) is 9.13. The second-order valence-corrected chi connectivity index (χ2v) is 7.01. The number of nitrogens with one attached hydrogen (secondary N) is 1. The third kappa shape index (κ3) is 4.45. The van der Waals surface area contributed by atoms with E-state index in [2.05, 4.69) is 17.3 Å². The summed E-state index contributed by atoms with van der Waals surface area (Å²) in [5.74, 6) is -0.522. The summed E-state index contributed by atoms with van der Waals surface area (Å²) >= 11 is 0. The first-order chi connectivity index (χ1) is 14.0. The Kier molecular flexibility index (Phi) is 6.58. The fourth-order valence-corrected chi connectivity index (χ4v) is 3.53. The van der Waals surface area contributed by atoms with Crippen molar-refractivity contribution in [3.05, 3.63) is 23.8 Å². The van der Waals surface area contributed by atoms with Gasteiger partial charge in [0.05, 0.1) is 20.8 Å². The molecule has 0 saturated carbocycles. The molecule has 1 aromatic carbocycles. The van der Waals surface area contributed by atoms with E-state index < -0.39 is 23.8 Å². The summed E-state index contributed by atoms with van der Waals surface area (Å²) in [4.78, 5) is 34.6. The van der Waals surface area contributed by atoms with Crippen molar-refractivity contribution < 1.29 is 23.8 Å². The molecule has 0 aromatic heterocycles. The van der Waals surface area contributed by atoms with Gasteiger partial charge >= 0.3 is 5.97 Å². The highest BCUT2D eigenvalue weighted by Gasteiger charge is 2.43. The lowest BCUT2D eigenvalue weighted by molar-refractivity contribution is -0.153. The van der Waals surface area contributed by atoms with Gasteiger partial charge in [0.15, 0.2) is 5.92 Å². The van der Waals surface area contributed by atoms with Gasteiger partial charge in [-0.05, 0) is 26.1 Å². The Hall–Kier alpha value is -2.81. The smallest absolute Gasteiger partial charge is 0.321 e. The zero-order valence-corrected chi connectivity index (χ0v) is 17.3. The molecule has 9 nitrogen and oxygen atoms in total. The summed E-state index contributed by atoms with van der Waals surface area (Å²) in [6.07, 6.45) is 0. The molecule has 3 rings (SSSR count). The average molecular weight is 404 g/mol. The zero-order chi connectivity index (χ0) is 21.0. The Morgan fingerprint density at radius 2 is 1.93 bits per heavy atom. The molecular formula is C20H28N4O5. The van der Waals surface area contributed by atoms with E-state index in [0.717, 1.165) is 26.2 Å². The van der Waals surface area contributed by atoms with E-state index in [1.165, 1.54) is 7.11 Å². The molecule has 0 radical (unpaired) electrons. The highest BCUT2D eigenvalue weighted by Crippen LogP contribution is 2.38. The van der Waals surface area contributed by atoms with Crippen LogP contribution in [0.4, 0.5) is 0 Å². The quantitative estimate of drug-likeness (QED) is 0.569. The van der Waals surface area contributed by atoms with Gasteiger partial charge in [0.25, 0.3) is 0 Å². The standard InChI is InChI=1S/C20H28N4O5/c1-5-29-19(26)16-17(14-7-6-13(27-3)12-15(14)28-4)21-20(22-18(16)25)24-10-8-23(2)9-11-24/h6-7,12,16-17H,5,8-11H2,1-4H3,(H,21,22,25)/t16-,17-/m1/s1. The number of piperazine rings is 1. The van der Waals surface area contributed by atoms with Crippen molar-refractivity contribution >= 4 is 17.8 Å². The number of guanidine groups is 1. The Labute approximate surface area is 170 Å². The van der Waals surface area contributed by atoms with Crippen LogP contribution in [0.2, 0.25) is 0 Å². The van der Waals surface area contributed by atoms with Crippen molar-refractivity contribution in [2.24, 2.45) is 10.9 Å². The number of esters is 1. The van der Waals surface area contributed by atoms with Crippen LogP contribution in [0.1, 0.15) is 18.5 Å². The van der Waals surface area contributed by atoms with Crippen LogP contribution in [0.25, 0.3) is 0 Å². The molecule has 2 heterocycles. The highest BCUT2D eigenvalue weighted by atomic mass is 16.5. The predicted octanol–water partition coefficient (Wildman–Crippen LogP) is 0.657. The number of ether oxygens (including phenoxy) is 3. The Balaban J connectivity index is 2.02. The molecule has 1 amide bonds. The minimum absolute atomic E-state index is 0.185. The molecule has 1 saturated heterocycles. The van der Waals surface area contributed by atoms with E-state index in [1.54, 1.807) is 32.2 Å². The largest absolute Gasteiger partial charge is 0.497 e. The minimum Gasteiger partial charge on any atom is -0.497 e. The van der Waals surface area contributed by atoms with Crippen LogP contribution in [0, 0.1) is 5.92 Å². The molecule has 0 aliphatic carbocycles. The van der Waals surface area contributed by atoms with Crippen LogP contribution in [-0.4, -0.2) is 81.7 Å². The monoisotopic (exact) mass is 404 g/mol. The van der Waals surface area contributed by atoms with Crippen LogP contribution < -0.4 is 14.8 Å². The van der Waals surface area contributed by atoms with Gasteiger partial charge in [-0.1, -0.05) is 0 Å². The molecule has 2 aliphatic heterocycles. The van der Waals surface area contributed by atoms with E-state index in [9.17, 15) is 9.59 Å². The third-order valence-electron chi connectivity index (χ3n) is 5.20. The van der Waals surface area contributed by atoms with Crippen molar-refractivity contribution in [3.63, 3.8) is 0 Å². The van der Waals surface area contributed by atoms with Gasteiger partial charge in [0, 0.05) is 37.8 Å². The van der Waals surface area contributed by atoms with E-state index in [0.29, 0.717) is 23.0 Å². The number of amides is 1. The maximum atomic E-state index is 12.9. The molecule has 2 aliphatic rings. The second-order valence-electron chi connectivity index (χ2n) is 7.01. The summed E-state index contributed by atoms with van der Waals surface area (Å²) in [7, 11) is 5.15. The number of methoxy groups -OCH3 is 2. The number of benzene rings is 1. The van der Waals surface area contributed by atoms with Crippen LogP contribution in [0.3, 0.4) is 0 Å². The zero-order valence-electron chi connectivity index (χ0n) is 17.3. The molecule has 0 unspecified atom stereocenters. The number of carbonyl (C=O) groups is 2. The Morgan fingerprint density at radius 3 is 2.55 bits per heavy atom. The summed E-state index contributed by atoms with van der Waals surface area (Å²) in [6.45, 7) is 5.11. The SMILES string of the molecule is CCOC(=O)[C@H]1C(=O)NC(N2CCN(C)CC2)=N[C@@H]1c1ccc(OC)cc1OC. The van der Waals surface area contributed by atoms with Gasteiger partial charge in [0.1, 0.15) is 17.5 Å². The van der Waals surface area contributed by atoms with Gasteiger partial charge in [-0.3, -0.25) is 14.9 Å². The van der Waals surface area contributed by atoms with Gasteiger partial charge < -0.3 is 24.0 Å². The van der Waals surface area contributed by atoms with Crippen molar-refractivity contribution in [1.82, 2.24) is 15.1 Å². The van der Waals surface area contributed by atoms with Crippen molar-refractivity contribution in [2.75, 3.05) is 54.1 Å². The van der Waals surface area contributed by atoms with E-state index in [-0.39, 0.29) is 6.61 Å². The molecule has 2 atom stereocenters. The molecule has 158 valence electrons. The fraction of sp³-hybridized carbons (Fsp3) is 0.550. The van der Waals surface area contributed by atoms with E-state index >= 15 is 0 Å². The summed E-state index contributed by atoms with van der Waals surface area (Å²) in [6, 6.07) is 4.50. The summed E-state index contributed by atoms with van der Waals surface area (Å²) in [5, 5.41) is 2.80. The fourth-order valence-electron chi connectivity index (χ4n) is 3.53.